The van der Waals surface area contributed by atoms with Crippen LogP contribution in [0.4, 0.5) is 0 Å². The summed E-state index contributed by atoms with van der Waals surface area (Å²) < 4.78 is 5.91. The molecule has 3 atom stereocenters. The second-order valence-corrected chi connectivity index (χ2v) is 7.38. The SMILES string of the molecule is CC(ON)(C(=O)O)[C@H]1CCc2cc(C3CN=C(NCCCN)NC3)ccc2O1. The van der Waals surface area contributed by atoms with Crippen molar-refractivity contribution < 1.29 is 19.5 Å². The van der Waals surface area contributed by atoms with E-state index in [4.69, 9.17) is 21.2 Å². The number of carboxylic acids is 1. The molecule has 154 valence electrons. The average molecular weight is 391 g/mol. The number of fused-ring (bicyclic) bond motifs is 1. The lowest BCUT2D eigenvalue weighted by Gasteiger charge is -2.35. The number of rotatable bonds is 7. The molecule has 0 amide bonds. The first-order valence-electron chi connectivity index (χ1n) is 9.61. The van der Waals surface area contributed by atoms with Crippen LogP contribution in [0.2, 0.25) is 0 Å². The van der Waals surface area contributed by atoms with E-state index in [9.17, 15) is 9.90 Å². The minimum absolute atomic E-state index is 0.278. The van der Waals surface area contributed by atoms with Crippen LogP contribution >= 0.6 is 0 Å². The van der Waals surface area contributed by atoms with Gasteiger partial charge in [-0.15, -0.1) is 0 Å². The van der Waals surface area contributed by atoms with Gasteiger partial charge in [0.25, 0.3) is 0 Å². The van der Waals surface area contributed by atoms with Crippen molar-refractivity contribution in [3.63, 3.8) is 0 Å². The van der Waals surface area contributed by atoms with Gasteiger partial charge in [-0.2, -0.15) is 0 Å². The van der Waals surface area contributed by atoms with Crippen LogP contribution in [0.5, 0.6) is 5.75 Å². The fraction of sp³-hybridized carbons (Fsp3) is 0.579. The number of nitrogens with two attached hydrogens (primary N) is 2. The van der Waals surface area contributed by atoms with Gasteiger partial charge in [-0.1, -0.05) is 12.1 Å². The monoisotopic (exact) mass is 391 g/mol. The van der Waals surface area contributed by atoms with E-state index in [1.165, 1.54) is 12.5 Å². The molecule has 28 heavy (non-hydrogen) atoms. The van der Waals surface area contributed by atoms with Crippen molar-refractivity contribution in [3.05, 3.63) is 29.3 Å². The smallest absolute Gasteiger partial charge is 0.341 e. The van der Waals surface area contributed by atoms with E-state index in [-0.39, 0.29) is 5.92 Å². The second kappa shape index (κ2) is 8.76. The lowest BCUT2D eigenvalue weighted by atomic mass is 9.88. The molecular weight excluding hydrogens is 362 g/mol. The molecule has 7 N–H and O–H groups in total. The zero-order chi connectivity index (χ0) is 20.1. The lowest BCUT2D eigenvalue weighted by Crippen LogP contribution is -2.54. The fourth-order valence-electron chi connectivity index (χ4n) is 3.51. The lowest BCUT2D eigenvalue weighted by molar-refractivity contribution is -0.179. The molecule has 0 saturated heterocycles. The summed E-state index contributed by atoms with van der Waals surface area (Å²) in [7, 11) is 0. The molecule has 0 saturated carbocycles. The number of hydrogen-bond acceptors (Lipinski definition) is 8. The third-order valence-corrected chi connectivity index (χ3v) is 5.44. The van der Waals surface area contributed by atoms with Crippen LogP contribution in [-0.4, -0.2) is 54.9 Å². The van der Waals surface area contributed by atoms with Gasteiger partial charge in [0.1, 0.15) is 11.9 Å². The first-order valence-corrected chi connectivity index (χ1v) is 9.61. The van der Waals surface area contributed by atoms with E-state index in [0.29, 0.717) is 31.7 Å². The number of aryl methyl sites for hydroxylation is 1. The van der Waals surface area contributed by atoms with E-state index in [1.807, 2.05) is 12.1 Å². The highest BCUT2D eigenvalue weighted by atomic mass is 16.7. The van der Waals surface area contributed by atoms with Crippen molar-refractivity contribution in [1.82, 2.24) is 10.6 Å². The molecule has 2 heterocycles. The van der Waals surface area contributed by atoms with Gasteiger partial charge in [-0.3, -0.25) is 9.83 Å². The molecule has 1 aromatic rings. The molecule has 2 unspecified atom stereocenters. The Balaban J connectivity index is 1.65. The summed E-state index contributed by atoms with van der Waals surface area (Å²) in [5.41, 5.74) is 6.18. The first-order chi connectivity index (χ1) is 13.5. The van der Waals surface area contributed by atoms with Crippen molar-refractivity contribution >= 4 is 11.9 Å². The molecule has 0 aliphatic carbocycles. The Morgan fingerprint density at radius 2 is 2.36 bits per heavy atom. The molecule has 1 aromatic carbocycles. The highest BCUT2D eigenvalue weighted by molar-refractivity contribution is 5.80. The van der Waals surface area contributed by atoms with Gasteiger partial charge in [0, 0.05) is 19.0 Å². The predicted molar refractivity (Wildman–Crippen MR) is 105 cm³/mol. The molecular formula is C19H29N5O4. The van der Waals surface area contributed by atoms with E-state index in [0.717, 1.165) is 31.0 Å². The van der Waals surface area contributed by atoms with Crippen LogP contribution in [0.1, 0.15) is 36.8 Å². The van der Waals surface area contributed by atoms with E-state index in [1.54, 1.807) is 0 Å². The molecule has 0 fully saturated rings. The second-order valence-electron chi connectivity index (χ2n) is 7.38. The van der Waals surface area contributed by atoms with Crippen molar-refractivity contribution in [1.29, 1.82) is 0 Å². The van der Waals surface area contributed by atoms with Gasteiger partial charge in [-0.25, -0.2) is 10.7 Å². The van der Waals surface area contributed by atoms with E-state index in [2.05, 4.69) is 21.7 Å². The van der Waals surface area contributed by atoms with Crippen LogP contribution in [0, 0.1) is 0 Å². The maximum Gasteiger partial charge on any atom is 0.341 e. The van der Waals surface area contributed by atoms with E-state index < -0.39 is 17.7 Å². The van der Waals surface area contributed by atoms with Crippen molar-refractivity contribution in [2.75, 3.05) is 26.2 Å². The largest absolute Gasteiger partial charge is 0.486 e. The highest BCUT2D eigenvalue weighted by Gasteiger charge is 2.46. The number of hydrogen-bond donors (Lipinski definition) is 5. The Labute approximate surface area is 164 Å². The standard InChI is InChI=1S/C19H29N5O4/c1-19(28-21,17(25)26)16-6-4-13-9-12(3-5-15(13)27-16)14-10-23-18(24-11-14)22-8-2-7-20/h3,5,9,14,16H,2,4,6-8,10-11,20-21H2,1H3,(H,25,26)(H2,22,23,24)/t16-,19?/m1/s1. The number of nitrogens with zero attached hydrogens (tertiary/aromatic N) is 1. The third kappa shape index (κ3) is 4.21. The number of nitrogens with one attached hydrogen (secondary N) is 2. The molecule has 0 aromatic heterocycles. The van der Waals surface area contributed by atoms with Crippen LogP contribution in [0.25, 0.3) is 0 Å². The Morgan fingerprint density at radius 1 is 1.54 bits per heavy atom. The quantitative estimate of drug-likeness (QED) is 0.325. The average Bonchev–Trinajstić information content (AvgIpc) is 2.73. The Kier molecular flexibility index (Phi) is 6.38. The van der Waals surface area contributed by atoms with Gasteiger partial charge in [-0.05, 0) is 49.9 Å². The number of aliphatic imine (C=N–C) groups is 1. The van der Waals surface area contributed by atoms with Crippen molar-refractivity contribution in [2.45, 2.75) is 43.8 Å². The number of benzene rings is 1. The maximum absolute atomic E-state index is 11.5. The minimum atomic E-state index is -1.58. The van der Waals surface area contributed by atoms with Crippen LogP contribution in [-0.2, 0) is 16.1 Å². The highest BCUT2D eigenvalue weighted by Crippen LogP contribution is 2.35. The van der Waals surface area contributed by atoms with Crippen LogP contribution in [0.3, 0.4) is 0 Å². The zero-order valence-corrected chi connectivity index (χ0v) is 16.1. The first kappa shape index (κ1) is 20.4. The summed E-state index contributed by atoms with van der Waals surface area (Å²) in [6.07, 6.45) is 1.49. The number of aliphatic carboxylic acids is 1. The summed E-state index contributed by atoms with van der Waals surface area (Å²) in [5, 5.41) is 16.0. The molecule has 0 bridgehead atoms. The predicted octanol–water partition coefficient (Wildman–Crippen LogP) is 0.0950. The summed E-state index contributed by atoms with van der Waals surface area (Å²) in [6.45, 7) is 4.41. The minimum Gasteiger partial charge on any atom is -0.486 e. The molecule has 9 nitrogen and oxygen atoms in total. The third-order valence-electron chi connectivity index (χ3n) is 5.44. The van der Waals surface area contributed by atoms with Crippen molar-refractivity contribution in [3.8, 4) is 5.75 Å². The number of carboxylic acid groups (broad SMARTS) is 1. The van der Waals surface area contributed by atoms with Gasteiger partial charge in [0.05, 0.1) is 6.54 Å². The topological polar surface area (TPSA) is 144 Å². The number of guanidine groups is 1. The molecule has 0 spiro atoms. The Hall–Kier alpha value is -2.36. The van der Waals surface area contributed by atoms with E-state index >= 15 is 0 Å². The van der Waals surface area contributed by atoms with Crippen LogP contribution in [0.15, 0.2) is 23.2 Å². The molecule has 9 heteroatoms. The summed E-state index contributed by atoms with van der Waals surface area (Å²) in [4.78, 5) is 20.8. The number of carbonyl (C=O) groups is 1. The number of ether oxygens (including phenoxy) is 1. The van der Waals surface area contributed by atoms with Crippen LogP contribution < -0.4 is 27.0 Å². The summed E-state index contributed by atoms with van der Waals surface area (Å²) in [5.74, 6) is 5.88. The molecule has 3 rings (SSSR count). The maximum atomic E-state index is 11.5. The molecule has 2 aliphatic heterocycles. The summed E-state index contributed by atoms with van der Waals surface area (Å²) >= 11 is 0. The fourth-order valence-corrected chi connectivity index (χ4v) is 3.51. The zero-order valence-electron chi connectivity index (χ0n) is 16.1. The van der Waals surface area contributed by atoms with Gasteiger partial charge < -0.3 is 26.2 Å². The molecule has 2 aliphatic rings. The normalized spacial score (nSPS) is 23.5. The molecule has 0 radical (unpaired) electrons. The van der Waals surface area contributed by atoms with Gasteiger partial charge >= 0.3 is 5.97 Å². The van der Waals surface area contributed by atoms with Gasteiger partial charge in [0.15, 0.2) is 5.96 Å². The van der Waals surface area contributed by atoms with Crippen molar-refractivity contribution in [2.24, 2.45) is 16.6 Å². The Morgan fingerprint density at radius 3 is 3.00 bits per heavy atom. The van der Waals surface area contributed by atoms with Gasteiger partial charge in [0.2, 0.25) is 5.60 Å². The Bertz CT molecular complexity index is 741. The summed E-state index contributed by atoms with van der Waals surface area (Å²) in [6, 6.07) is 6.04.